The van der Waals surface area contributed by atoms with E-state index in [0.29, 0.717) is 36.9 Å². The zero-order valence-corrected chi connectivity index (χ0v) is 16.5. The second kappa shape index (κ2) is 8.65. The molecule has 2 amide bonds. The van der Waals surface area contributed by atoms with Crippen LogP contribution in [-0.4, -0.2) is 50.8 Å². The van der Waals surface area contributed by atoms with Crippen LogP contribution >= 0.6 is 11.3 Å². The molecule has 28 heavy (non-hydrogen) atoms. The molecule has 2 aromatic rings. The van der Waals surface area contributed by atoms with Gasteiger partial charge in [-0.25, -0.2) is 8.42 Å². The van der Waals surface area contributed by atoms with Crippen molar-refractivity contribution >= 4 is 44.3 Å². The molecule has 0 aliphatic carbocycles. The number of sulfonamides is 1. The molecule has 3 N–H and O–H groups in total. The quantitative estimate of drug-likeness (QED) is 0.686. The van der Waals surface area contributed by atoms with E-state index in [9.17, 15) is 18.0 Å². The Labute approximate surface area is 166 Å². The Morgan fingerprint density at radius 1 is 1.14 bits per heavy atom. The summed E-state index contributed by atoms with van der Waals surface area (Å²) in [6, 6.07) is 7.80. The van der Waals surface area contributed by atoms with Crippen LogP contribution in [0.4, 0.5) is 5.00 Å². The standard InChI is InChI=1S/C18H19N3O5S2/c19-17(23)15-7-12-27-18(15)20-16(22)6-3-13-1-4-14(5-2-13)28(24,25)21-8-10-26-11-9-21/h1-7,12H,8-11H2,(H2,19,23)(H,20,22). The first kappa shape index (κ1) is 20.2. The van der Waals surface area contributed by atoms with E-state index in [4.69, 9.17) is 10.5 Å². The molecule has 0 spiro atoms. The second-order valence-corrected chi connectivity index (χ2v) is 8.79. The van der Waals surface area contributed by atoms with E-state index >= 15 is 0 Å². The number of nitrogens with zero attached hydrogens (tertiary/aromatic N) is 1. The molecule has 8 nitrogen and oxygen atoms in total. The Morgan fingerprint density at radius 3 is 2.46 bits per heavy atom. The Kier molecular flexibility index (Phi) is 6.25. The van der Waals surface area contributed by atoms with Crippen molar-refractivity contribution in [3.63, 3.8) is 0 Å². The predicted octanol–water partition coefficient (Wildman–Crippen LogP) is 1.52. The highest BCUT2D eigenvalue weighted by Crippen LogP contribution is 2.23. The molecule has 3 rings (SSSR count). The summed E-state index contributed by atoms with van der Waals surface area (Å²) in [5, 5.41) is 4.64. The smallest absolute Gasteiger partial charge is 0.251 e. The van der Waals surface area contributed by atoms with Crippen molar-refractivity contribution in [1.82, 2.24) is 4.31 Å². The number of ether oxygens (including phenoxy) is 1. The normalized spacial score (nSPS) is 15.6. The number of hydrogen-bond acceptors (Lipinski definition) is 6. The lowest BCUT2D eigenvalue weighted by atomic mass is 10.2. The van der Waals surface area contributed by atoms with E-state index in [0.717, 1.165) is 0 Å². The molecule has 0 unspecified atom stereocenters. The number of thiophene rings is 1. The van der Waals surface area contributed by atoms with E-state index in [2.05, 4.69) is 5.32 Å². The van der Waals surface area contributed by atoms with Gasteiger partial charge in [0.25, 0.3) is 5.91 Å². The van der Waals surface area contributed by atoms with Crippen molar-refractivity contribution in [2.24, 2.45) is 5.73 Å². The molecule has 1 aliphatic rings. The third kappa shape index (κ3) is 4.65. The number of amides is 2. The first-order valence-corrected chi connectivity index (χ1v) is 10.7. The van der Waals surface area contributed by atoms with Crippen molar-refractivity contribution in [1.29, 1.82) is 0 Å². The van der Waals surface area contributed by atoms with Crippen LogP contribution in [-0.2, 0) is 19.6 Å². The molecule has 1 aliphatic heterocycles. The number of hydrogen-bond donors (Lipinski definition) is 2. The van der Waals surface area contributed by atoms with Crippen molar-refractivity contribution in [3.8, 4) is 0 Å². The minimum atomic E-state index is -3.55. The molecule has 10 heteroatoms. The minimum absolute atomic E-state index is 0.195. The van der Waals surface area contributed by atoms with Crippen LogP contribution in [0.2, 0.25) is 0 Å². The molecule has 0 bridgehead atoms. The van der Waals surface area contributed by atoms with Crippen LogP contribution in [0, 0.1) is 0 Å². The SMILES string of the molecule is NC(=O)c1ccsc1NC(=O)C=Cc1ccc(S(=O)(=O)N2CCOCC2)cc1. The lowest BCUT2D eigenvalue weighted by Crippen LogP contribution is -2.40. The van der Waals surface area contributed by atoms with Crippen molar-refractivity contribution in [3.05, 3.63) is 52.9 Å². The molecule has 0 atom stereocenters. The van der Waals surface area contributed by atoms with Gasteiger partial charge in [-0.3, -0.25) is 9.59 Å². The van der Waals surface area contributed by atoms with Gasteiger partial charge >= 0.3 is 0 Å². The Balaban J connectivity index is 1.65. The molecular weight excluding hydrogens is 402 g/mol. The van der Waals surface area contributed by atoms with Crippen molar-refractivity contribution < 1.29 is 22.7 Å². The number of carbonyl (C=O) groups excluding carboxylic acids is 2. The van der Waals surface area contributed by atoms with Gasteiger partial charge in [0.2, 0.25) is 15.9 Å². The monoisotopic (exact) mass is 421 g/mol. The maximum absolute atomic E-state index is 12.6. The number of nitrogens with two attached hydrogens (primary N) is 1. The van der Waals surface area contributed by atoms with Gasteiger partial charge in [-0.1, -0.05) is 12.1 Å². The highest BCUT2D eigenvalue weighted by molar-refractivity contribution is 7.89. The van der Waals surface area contributed by atoms with Crippen LogP contribution in [0.15, 0.2) is 46.7 Å². The third-order valence-electron chi connectivity index (χ3n) is 4.08. The van der Waals surface area contributed by atoms with Gasteiger partial charge in [0.1, 0.15) is 5.00 Å². The molecule has 1 aromatic carbocycles. The molecule has 148 valence electrons. The maximum Gasteiger partial charge on any atom is 0.251 e. The van der Waals surface area contributed by atoms with E-state index < -0.39 is 21.8 Å². The number of benzene rings is 1. The van der Waals surface area contributed by atoms with E-state index in [1.54, 1.807) is 29.7 Å². The summed E-state index contributed by atoms with van der Waals surface area (Å²) in [6.07, 6.45) is 2.86. The topological polar surface area (TPSA) is 119 Å². The zero-order valence-electron chi connectivity index (χ0n) is 14.8. The second-order valence-electron chi connectivity index (χ2n) is 5.94. The Morgan fingerprint density at radius 2 is 1.82 bits per heavy atom. The van der Waals surface area contributed by atoms with Gasteiger partial charge in [0.15, 0.2) is 0 Å². The van der Waals surface area contributed by atoms with E-state index in [-0.39, 0.29) is 10.5 Å². The summed E-state index contributed by atoms with van der Waals surface area (Å²) in [7, 11) is -3.55. The molecule has 0 radical (unpaired) electrons. The maximum atomic E-state index is 12.6. The summed E-state index contributed by atoms with van der Waals surface area (Å²) in [4.78, 5) is 23.5. The number of carbonyl (C=O) groups is 2. The van der Waals surface area contributed by atoms with Gasteiger partial charge in [-0.15, -0.1) is 11.3 Å². The van der Waals surface area contributed by atoms with E-state index in [1.165, 1.54) is 33.9 Å². The largest absolute Gasteiger partial charge is 0.379 e. The van der Waals surface area contributed by atoms with Gasteiger partial charge in [0.05, 0.1) is 23.7 Å². The lowest BCUT2D eigenvalue weighted by molar-refractivity contribution is -0.111. The molecule has 1 fully saturated rings. The number of anilines is 1. The molecule has 2 heterocycles. The van der Waals surface area contributed by atoms with Crippen LogP contribution in [0.3, 0.4) is 0 Å². The highest BCUT2D eigenvalue weighted by Gasteiger charge is 2.25. The van der Waals surface area contributed by atoms with Gasteiger partial charge in [0, 0.05) is 19.2 Å². The first-order chi connectivity index (χ1) is 13.4. The van der Waals surface area contributed by atoms with Crippen molar-refractivity contribution in [2.45, 2.75) is 4.90 Å². The Hall–Kier alpha value is -2.53. The summed E-state index contributed by atoms with van der Waals surface area (Å²) >= 11 is 1.20. The summed E-state index contributed by atoms with van der Waals surface area (Å²) in [5.41, 5.74) is 6.16. The molecule has 1 saturated heterocycles. The molecule has 1 aromatic heterocycles. The predicted molar refractivity (Wildman–Crippen MR) is 107 cm³/mol. The summed E-state index contributed by atoms with van der Waals surface area (Å²) in [5.74, 6) is -1.03. The summed E-state index contributed by atoms with van der Waals surface area (Å²) in [6.45, 7) is 1.44. The molecular formula is C18H19N3O5S2. The average molecular weight is 422 g/mol. The average Bonchev–Trinajstić information content (AvgIpc) is 3.16. The van der Waals surface area contributed by atoms with Crippen LogP contribution in [0.25, 0.3) is 6.08 Å². The van der Waals surface area contributed by atoms with Gasteiger partial charge in [-0.05, 0) is 35.2 Å². The van der Waals surface area contributed by atoms with Crippen molar-refractivity contribution in [2.75, 3.05) is 31.6 Å². The van der Waals surface area contributed by atoms with Gasteiger partial charge < -0.3 is 15.8 Å². The first-order valence-electron chi connectivity index (χ1n) is 8.42. The van der Waals surface area contributed by atoms with Gasteiger partial charge in [-0.2, -0.15) is 4.31 Å². The number of primary amides is 1. The minimum Gasteiger partial charge on any atom is -0.379 e. The lowest BCUT2D eigenvalue weighted by Gasteiger charge is -2.26. The summed E-state index contributed by atoms with van der Waals surface area (Å²) < 4.78 is 31.7. The molecule has 0 saturated carbocycles. The van der Waals surface area contributed by atoms with Crippen LogP contribution < -0.4 is 11.1 Å². The Bertz CT molecular complexity index is 990. The fourth-order valence-corrected chi connectivity index (χ4v) is 4.82. The highest BCUT2D eigenvalue weighted by atomic mass is 32.2. The number of morpholine rings is 1. The number of rotatable bonds is 6. The fourth-order valence-electron chi connectivity index (χ4n) is 2.61. The third-order valence-corrected chi connectivity index (χ3v) is 6.83. The van der Waals surface area contributed by atoms with Crippen LogP contribution in [0.5, 0.6) is 0 Å². The van der Waals surface area contributed by atoms with Crippen LogP contribution in [0.1, 0.15) is 15.9 Å². The number of nitrogens with one attached hydrogen (secondary N) is 1. The fraction of sp³-hybridized carbons (Fsp3) is 0.222. The van der Waals surface area contributed by atoms with E-state index in [1.807, 2.05) is 0 Å². The zero-order chi connectivity index (χ0) is 20.1.